The average Bonchev–Trinajstić information content (AvgIpc) is 3.11. The minimum absolute atomic E-state index is 0.0817. The molecule has 3 nitrogen and oxygen atoms in total. The van der Waals surface area contributed by atoms with Crippen LogP contribution < -0.4 is 5.32 Å². The van der Waals surface area contributed by atoms with Crippen molar-refractivity contribution in [2.75, 3.05) is 19.7 Å². The van der Waals surface area contributed by atoms with Crippen LogP contribution in [-0.4, -0.2) is 47.3 Å². The number of nitrogens with zero attached hydrogens (tertiary/aromatic N) is 1. The molecule has 1 aliphatic rings. The molecule has 1 rings (SSSR count). The Morgan fingerprint density at radius 2 is 1.89 bits per heavy atom. The largest absolute Gasteiger partial charge is 0.394 e. The summed E-state index contributed by atoms with van der Waals surface area (Å²) < 4.78 is 0. The number of hydrogen-bond donors (Lipinski definition) is 2. The van der Waals surface area contributed by atoms with Gasteiger partial charge >= 0.3 is 0 Å². The van der Waals surface area contributed by atoms with Gasteiger partial charge in [-0.3, -0.25) is 0 Å². The van der Waals surface area contributed by atoms with Gasteiger partial charge in [0.05, 0.1) is 6.61 Å². The lowest BCUT2D eigenvalue weighted by atomic mass is 9.96. The van der Waals surface area contributed by atoms with Gasteiger partial charge in [-0.25, -0.2) is 0 Å². The lowest BCUT2D eigenvalue weighted by Crippen LogP contribution is -2.47. The minimum atomic E-state index is -0.0817. The molecule has 0 aromatic rings. The molecule has 1 aliphatic carbocycles. The van der Waals surface area contributed by atoms with Crippen molar-refractivity contribution in [3.8, 4) is 0 Å². The third kappa shape index (κ3) is 6.73. The zero-order chi connectivity index (χ0) is 14.5. The van der Waals surface area contributed by atoms with E-state index in [1.54, 1.807) is 0 Å². The first-order valence-corrected chi connectivity index (χ1v) is 7.99. The summed E-state index contributed by atoms with van der Waals surface area (Å²) in [6.07, 6.45) is 4.77. The summed E-state index contributed by atoms with van der Waals surface area (Å²) in [4.78, 5) is 2.56. The van der Waals surface area contributed by atoms with Gasteiger partial charge in [-0.2, -0.15) is 0 Å². The molecule has 19 heavy (non-hydrogen) atoms. The molecule has 0 aromatic heterocycles. The van der Waals surface area contributed by atoms with Gasteiger partial charge in [0, 0.05) is 24.2 Å². The summed E-state index contributed by atoms with van der Waals surface area (Å²) in [5.41, 5.74) is -0.0817. The van der Waals surface area contributed by atoms with Crippen LogP contribution in [0, 0.1) is 5.92 Å². The maximum absolute atomic E-state index is 9.61. The molecule has 1 unspecified atom stereocenters. The van der Waals surface area contributed by atoms with Gasteiger partial charge < -0.3 is 15.3 Å². The quantitative estimate of drug-likeness (QED) is 0.640. The smallest absolute Gasteiger partial charge is 0.0610 e. The second-order valence-electron chi connectivity index (χ2n) is 7.22. The number of aliphatic hydroxyl groups excluding tert-OH is 1. The van der Waals surface area contributed by atoms with Crippen LogP contribution in [0.2, 0.25) is 0 Å². The molecule has 0 radical (unpaired) electrons. The summed E-state index contributed by atoms with van der Waals surface area (Å²) in [5, 5.41) is 13.2. The van der Waals surface area contributed by atoms with E-state index in [0.29, 0.717) is 12.1 Å². The number of aliphatic hydroxyl groups is 1. The minimum Gasteiger partial charge on any atom is -0.394 e. The molecule has 3 heteroatoms. The molecule has 1 fully saturated rings. The Kier molecular flexibility index (Phi) is 6.78. The highest BCUT2D eigenvalue weighted by atomic mass is 16.3. The van der Waals surface area contributed by atoms with E-state index in [1.807, 2.05) is 0 Å². The fourth-order valence-corrected chi connectivity index (χ4v) is 2.62. The molecule has 0 bridgehead atoms. The predicted molar refractivity (Wildman–Crippen MR) is 82.4 cm³/mol. The lowest BCUT2D eigenvalue weighted by Gasteiger charge is -2.32. The van der Waals surface area contributed by atoms with E-state index in [9.17, 15) is 5.11 Å². The van der Waals surface area contributed by atoms with E-state index in [-0.39, 0.29) is 12.1 Å². The van der Waals surface area contributed by atoms with Crippen molar-refractivity contribution in [1.29, 1.82) is 0 Å². The van der Waals surface area contributed by atoms with Gasteiger partial charge in [0.15, 0.2) is 0 Å². The van der Waals surface area contributed by atoms with Crippen LogP contribution in [-0.2, 0) is 0 Å². The SMILES string of the molecule is CC(C)CN(CCCC(C)(CO)NC1CC1)C(C)C. The van der Waals surface area contributed by atoms with Gasteiger partial charge in [0.2, 0.25) is 0 Å². The lowest BCUT2D eigenvalue weighted by molar-refractivity contribution is 0.145. The molecular formula is C16H34N2O. The number of rotatable bonds is 10. The Morgan fingerprint density at radius 1 is 1.26 bits per heavy atom. The highest BCUT2D eigenvalue weighted by Crippen LogP contribution is 2.24. The first-order valence-electron chi connectivity index (χ1n) is 7.99. The fraction of sp³-hybridized carbons (Fsp3) is 1.00. The number of hydrogen-bond acceptors (Lipinski definition) is 3. The van der Waals surface area contributed by atoms with Crippen LogP contribution in [0.3, 0.4) is 0 Å². The van der Waals surface area contributed by atoms with Gasteiger partial charge in [-0.1, -0.05) is 13.8 Å². The normalized spacial score (nSPS) is 19.4. The van der Waals surface area contributed by atoms with Gasteiger partial charge in [0.1, 0.15) is 0 Å². The van der Waals surface area contributed by atoms with Crippen LogP contribution in [0.25, 0.3) is 0 Å². The molecule has 0 spiro atoms. The van der Waals surface area contributed by atoms with Gasteiger partial charge in [-0.05, 0) is 58.9 Å². The van der Waals surface area contributed by atoms with Crippen molar-refractivity contribution < 1.29 is 5.11 Å². The van der Waals surface area contributed by atoms with E-state index >= 15 is 0 Å². The standard InChI is InChI=1S/C16H34N2O/c1-13(2)11-18(14(3)4)10-6-9-16(5,12-19)17-15-7-8-15/h13-15,17,19H,6-12H2,1-5H3. The molecule has 2 N–H and O–H groups in total. The van der Waals surface area contributed by atoms with Crippen LogP contribution in [0.15, 0.2) is 0 Å². The van der Waals surface area contributed by atoms with E-state index in [1.165, 1.54) is 19.4 Å². The highest BCUT2D eigenvalue weighted by molar-refractivity contribution is 4.92. The number of nitrogens with one attached hydrogen (secondary N) is 1. The summed E-state index contributed by atoms with van der Waals surface area (Å²) in [7, 11) is 0. The first-order chi connectivity index (χ1) is 8.86. The van der Waals surface area contributed by atoms with Crippen LogP contribution in [0.1, 0.15) is 60.3 Å². The summed E-state index contributed by atoms with van der Waals surface area (Å²) in [6, 6.07) is 1.27. The molecule has 0 heterocycles. The van der Waals surface area contributed by atoms with Gasteiger partial charge in [-0.15, -0.1) is 0 Å². The monoisotopic (exact) mass is 270 g/mol. The maximum Gasteiger partial charge on any atom is 0.0610 e. The van der Waals surface area contributed by atoms with Gasteiger partial charge in [0.25, 0.3) is 0 Å². The van der Waals surface area contributed by atoms with E-state index in [4.69, 9.17) is 0 Å². The zero-order valence-corrected chi connectivity index (χ0v) is 13.6. The zero-order valence-electron chi connectivity index (χ0n) is 13.6. The van der Waals surface area contributed by atoms with Crippen LogP contribution >= 0.6 is 0 Å². The maximum atomic E-state index is 9.61. The van der Waals surface area contributed by atoms with Crippen molar-refractivity contribution in [2.24, 2.45) is 5.92 Å². The third-order valence-electron chi connectivity index (χ3n) is 3.98. The van der Waals surface area contributed by atoms with Crippen molar-refractivity contribution in [3.63, 3.8) is 0 Å². The third-order valence-corrected chi connectivity index (χ3v) is 3.98. The Bertz CT molecular complexity index is 251. The topological polar surface area (TPSA) is 35.5 Å². The molecule has 0 saturated heterocycles. The second kappa shape index (κ2) is 7.61. The summed E-state index contributed by atoms with van der Waals surface area (Å²) in [6.45, 7) is 13.8. The van der Waals surface area contributed by atoms with Crippen molar-refractivity contribution in [3.05, 3.63) is 0 Å². The Hall–Kier alpha value is -0.120. The predicted octanol–water partition coefficient (Wildman–Crippen LogP) is 2.64. The second-order valence-corrected chi connectivity index (χ2v) is 7.22. The highest BCUT2D eigenvalue weighted by Gasteiger charge is 2.31. The van der Waals surface area contributed by atoms with E-state index in [2.05, 4.69) is 44.8 Å². The average molecular weight is 270 g/mol. The van der Waals surface area contributed by atoms with Crippen molar-refractivity contribution in [2.45, 2.75) is 77.9 Å². The molecular weight excluding hydrogens is 236 g/mol. The molecule has 0 aromatic carbocycles. The molecule has 1 saturated carbocycles. The molecule has 114 valence electrons. The summed E-state index contributed by atoms with van der Waals surface area (Å²) >= 11 is 0. The van der Waals surface area contributed by atoms with Crippen molar-refractivity contribution >= 4 is 0 Å². The summed E-state index contributed by atoms with van der Waals surface area (Å²) in [5.74, 6) is 0.719. The van der Waals surface area contributed by atoms with E-state index < -0.39 is 0 Å². The Morgan fingerprint density at radius 3 is 2.32 bits per heavy atom. The first kappa shape index (κ1) is 16.9. The molecule has 0 aliphatic heterocycles. The Labute approximate surface area is 119 Å². The van der Waals surface area contributed by atoms with Crippen molar-refractivity contribution in [1.82, 2.24) is 10.2 Å². The van der Waals surface area contributed by atoms with E-state index in [0.717, 1.165) is 25.3 Å². The van der Waals surface area contributed by atoms with Crippen LogP contribution in [0.5, 0.6) is 0 Å². The van der Waals surface area contributed by atoms with Crippen LogP contribution in [0.4, 0.5) is 0 Å². The molecule has 1 atom stereocenters. The Balaban J connectivity index is 2.32. The fourth-order valence-electron chi connectivity index (χ4n) is 2.62. The molecule has 0 amide bonds.